The summed E-state index contributed by atoms with van der Waals surface area (Å²) in [5.74, 6) is 0.558. The third kappa shape index (κ3) is 3.61. The highest BCUT2D eigenvalue weighted by atomic mass is 35.5. The largest absolute Gasteiger partial charge is 0.336 e. The van der Waals surface area contributed by atoms with Crippen LogP contribution in [0.3, 0.4) is 0 Å². The van der Waals surface area contributed by atoms with Crippen LogP contribution in [0, 0.1) is 5.92 Å². The summed E-state index contributed by atoms with van der Waals surface area (Å²) in [5, 5.41) is 0.0503. The number of nitrogens with one attached hydrogen (secondary N) is 1. The lowest BCUT2D eigenvalue weighted by Crippen LogP contribution is -2.49. The molecule has 1 aliphatic heterocycles. The average Bonchev–Trinajstić information content (AvgIpc) is 2.41. The van der Waals surface area contributed by atoms with Gasteiger partial charge in [-0.2, -0.15) is 0 Å². The Bertz CT molecular complexity index is 533. The van der Waals surface area contributed by atoms with Crippen LogP contribution in [-0.2, 0) is 0 Å². The number of piperazine rings is 1. The van der Waals surface area contributed by atoms with Gasteiger partial charge in [-0.15, -0.1) is 0 Å². The number of amides is 1. The quantitative estimate of drug-likeness (QED) is 0.918. The number of halogens is 1. The molecule has 0 aromatic carbocycles. The summed E-state index contributed by atoms with van der Waals surface area (Å²) in [7, 11) is 0. The van der Waals surface area contributed by atoms with E-state index in [-0.39, 0.29) is 16.5 Å². The van der Waals surface area contributed by atoms with Crippen LogP contribution < -0.4 is 5.56 Å². The maximum Gasteiger partial charge on any atom is 0.266 e. The van der Waals surface area contributed by atoms with Gasteiger partial charge in [0.15, 0.2) is 0 Å². The Kier molecular flexibility index (Phi) is 4.83. The Hall–Kier alpha value is -1.33. The van der Waals surface area contributed by atoms with Crippen molar-refractivity contribution < 1.29 is 4.79 Å². The van der Waals surface area contributed by atoms with Crippen LogP contribution in [0.4, 0.5) is 0 Å². The van der Waals surface area contributed by atoms with Gasteiger partial charge >= 0.3 is 0 Å². The van der Waals surface area contributed by atoms with Gasteiger partial charge in [0.05, 0.1) is 5.56 Å². The first-order chi connectivity index (χ1) is 9.47. The van der Waals surface area contributed by atoms with E-state index in [1.165, 1.54) is 12.3 Å². The molecule has 2 heterocycles. The number of nitrogens with zero attached hydrogens (tertiary/aromatic N) is 2. The number of hydrogen-bond acceptors (Lipinski definition) is 3. The zero-order valence-corrected chi connectivity index (χ0v) is 12.6. The third-order valence-corrected chi connectivity index (χ3v) is 3.67. The van der Waals surface area contributed by atoms with Crippen molar-refractivity contribution >= 4 is 17.5 Å². The van der Waals surface area contributed by atoms with Crippen molar-refractivity contribution in [3.05, 3.63) is 33.2 Å². The summed E-state index contributed by atoms with van der Waals surface area (Å²) in [6.45, 7) is 8.65. The van der Waals surface area contributed by atoms with E-state index in [9.17, 15) is 9.59 Å². The molecule has 20 heavy (non-hydrogen) atoms. The molecular weight excluding hydrogens is 278 g/mol. The van der Waals surface area contributed by atoms with E-state index in [0.717, 1.165) is 19.6 Å². The van der Waals surface area contributed by atoms with Crippen LogP contribution in [-0.4, -0.2) is 53.4 Å². The Morgan fingerprint density at radius 2 is 2.00 bits per heavy atom. The van der Waals surface area contributed by atoms with Gasteiger partial charge in [-0.05, 0) is 12.0 Å². The number of carbonyl (C=O) groups excluding carboxylic acids is 1. The highest BCUT2D eigenvalue weighted by Crippen LogP contribution is 2.11. The normalized spacial score (nSPS) is 16.7. The Morgan fingerprint density at radius 1 is 1.35 bits per heavy atom. The van der Waals surface area contributed by atoms with Crippen molar-refractivity contribution in [3.63, 3.8) is 0 Å². The summed E-state index contributed by atoms with van der Waals surface area (Å²) in [4.78, 5) is 30.2. The molecule has 0 aliphatic carbocycles. The first-order valence-corrected chi connectivity index (χ1v) is 7.25. The van der Waals surface area contributed by atoms with Crippen LogP contribution in [0.1, 0.15) is 24.2 Å². The standard InChI is InChI=1S/C14H20ClN3O2/c1-10(2)9-17-3-5-18(6-4-17)14(20)11-7-12(15)13(19)16-8-11/h7-8,10H,3-6,9H2,1-2H3,(H,16,19). The minimum atomic E-state index is -0.370. The molecule has 1 aliphatic rings. The third-order valence-electron chi connectivity index (χ3n) is 3.39. The molecule has 2 rings (SSSR count). The number of pyridine rings is 1. The lowest BCUT2D eigenvalue weighted by molar-refractivity contribution is 0.0623. The highest BCUT2D eigenvalue weighted by Gasteiger charge is 2.22. The Balaban J connectivity index is 1.98. The highest BCUT2D eigenvalue weighted by molar-refractivity contribution is 6.30. The summed E-state index contributed by atoms with van der Waals surface area (Å²) in [6, 6.07) is 1.43. The molecular formula is C14H20ClN3O2. The van der Waals surface area contributed by atoms with Gasteiger partial charge in [0.1, 0.15) is 5.02 Å². The van der Waals surface area contributed by atoms with E-state index < -0.39 is 0 Å². The predicted molar refractivity (Wildman–Crippen MR) is 79.3 cm³/mol. The van der Waals surface area contributed by atoms with Crippen molar-refractivity contribution in [2.24, 2.45) is 5.92 Å². The lowest BCUT2D eigenvalue weighted by atomic mass is 10.1. The summed E-state index contributed by atoms with van der Waals surface area (Å²) in [5.41, 5.74) is 0.0666. The molecule has 6 heteroatoms. The van der Waals surface area contributed by atoms with Gasteiger partial charge in [-0.3, -0.25) is 14.5 Å². The van der Waals surface area contributed by atoms with Crippen LogP contribution >= 0.6 is 11.6 Å². The number of aromatic nitrogens is 1. The predicted octanol–water partition coefficient (Wildman–Crippen LogP) is 1.44. The molecule has 0 spiro atoms. The second-order valence-electron chi connectivity index (χ2n) is 5.55. The van der Waals surface area contributed by atoms with Crippen molar-refractivity contribution in [1.82, 2.24) is 14.8 Å². The molecule has 1 saturated heterocycles. The number of aromatic amines is 1. The molecule has 1 N–H and O–H groups in total. The molecule has 0 saturated carbocycles. The van der Waals surface area contributed by atoms with Gasteiger partial charge in [-0.25, -0.2) is 0 Å². The van der Waals surface area contributed by atoms with Crippen LogP contribution in [0.5, 0.6) is 0 Å². The fourth-order valence-corrected chi connectivity index (χ4v) is 2.58. The van der Waals surface area contributed by atoms with E-state index >= 15 is 0 Å². The van der Waals surface area contributed by atoms with E-state index in [4.69, 9.17) is 11.6 Å². The van der Waals surface area contributed by atoms with Crippen molar-refractivity contribution in [2.45, 2.75) is 13.8 Å². The molecule has 110 valence electrons. The minimum absolute atomic E-state index is 0.0503. The van der Waals surface area contributed by atoms with E-state index in [2.05, 4.69) is 23.7 Å². The molecule has 0 bridgehead atoms. The van der Waals surface area contributed by atoms with E-state index in [1.54, 1.807) is 4.90 Å². The molecule has 1 fully saturated rings. The van der Waals surface area contributed by atoms with Crippen molar-refractivity contribution in [2.75, 3.05) is 32.7 Å². The molecule has 1 amide bonds. The van der Waals surface area contributed by atoms with Crippen molar-refractivity contribution in [3.8, 4) is 0 Å². The first kappa shape index (κ1) is 15.1. The van der Waals surface area contributed by atoms with Gasteiger partial charge in [0.2, 0.25) is 0 Å². The Labute approximate surface area is 123 Å². The van der Waals surface area contributed by atoms with Gasteiger partial charge in [-0.1, -0.05) is 25.4 Å². The molecule has 1 aromatic heterocycles. The maximum absolute atomic E-state index is 12.3. The zero-order chi connectivity index (χ0) is 14.7. The first-order valence-electron chi connectivity index (χ1n) is 6.87. The topological polar surface area (TPSA) is 56.4 Å². The molecule has 0 unspecified atom stereocenters. The second kappa shape index (κ2) is 6.41. The van der Waals surface area contributed by atoms with Crippen LogP contribution in [0.2, 0.25) is 5.02 Å². The van der Waals surface area contributed by atoms with E-state index in [1.807, 2.05) is 0 Å². The van der Waals surface area contributed by atoms with E-state index in [0.29, 0.717) is 24.6 Å². The molecule has 0 atom stereocenters. The van der Waals surface area contributed by atoms with Gasteiger partial charge in [0, 0.05) is 38.9 Å². The maximum atomic E-state index is 12.3. The average molecular weight is 298 g/mol. The lowest BCUT2D eigenvalue weighted by Gasteiger charge is -2.35. The smallest absolute Gasteiger partial charge is 0.266 e. The molecule has 1 aromatic rings. The number of hydrogen-bond donors (Lipinski definition) is 1. The fourth-order valence-electron chi connectivity index (χ4n) is 2.41. The number of H-pyrrole nitrogens is 1. The second-order valence-corrected chi connectivity index (χ2v) is 5.96. The van der Waals surface area contributed by atoms with Crippen LogP contribution in [0.25, 0.3) is 0 Å². The summed E-state index contributed by atoms with van der Waals surface area (Å²) >= 11 is 5.75. The molecule has 5 nitrogen and oxygen atoms in total. The molecule has 0 radical (unpaired) electrons. The minimum Gasteiger partial charge on any atom is -0.336 e. The SMILES string of the molecule is CC(C)CN1CCN(C(=O)c2c[nH]c(=O)c(Cl)c2)CC1. The Morgan fingerprint density at radius 3 is 2.55 bits per heavy atom. The number of rotatable bonds is 3. The zero-order valence-electron chi connectivity index (χ0n) is 11.9. The van der Waals surface area contributed by atoms with Crippen LogP contribution in [0.15, 0.2) is 17.1 Å². The van der Waals surface area contributed by atoms with Gasteiger partial charge in [0.25, 0.3) is 11.5 Å². The van der Waals surface area contributed by atoms with Gasteiger partial charge < -0.3 is 9.88 Å². The number of carbonyl (C=O) groups is 1. The summed E-state index contributed by atoms with van der Waals surface area (Å²) in [6.07, 6.45) is 1.43. The summed E-state index contributed by atoms with van der Waals surface area (Å²) < 4.78 is 0. The monoisotopic (exact) mass is 297 g/mol. The fraction of sp³-hybridized carbons (Fsp3) is 0.571. The van der Waals surface area contributed by atoms with Crippen molar-refractivity contribution in [1.29, 1.82) is 0 Å².